The normalized spacial score (nSPS) is 16.8. The maximum atomic E-state index is 12.7. The lowest BCUT2D eigenvalue weighted by Gasteiger charge is -2.30. The third kappa shape index (κ3) is 3.07. The van der Waals surface area contributed by atoms with Crippen molar-refractivity contribution < 1.29 is 13.2 Å². The van der Waals surface area contributed by atoms with Crippen molar-refractivity contribution in [3.8, 4) is 0 Å². The molecule has 0 aliphatic carbocycles. The Morgan fingerprint density at radius 1 is 1.26 bits per heavy atom. The van der Waals surface area contributed by atoms with Gasteiger partial charge < -0.3 is 10.6 Å². The van der Waals surface area contributed by atoms with Crippen LogP contribution in [-0.2, 0) is 12.7 Å². The fourth-order valence-corrected chi connectivity index (χ4v) is 2.10. The Balaban J connectivity index is 2.33. The van der Waals surface area contributed by atoms with Crippen LogP contribution >= 0.6 is 0 Å². The molecule has 0 aromatic carbocycles. The summed E-state index contributed by atoms with van der Waals surface area (Å²) in [5.74, 6) is 0.352. The van der Waals surface area contributed by atoms with Crippen molar-refractivity contribution in [3.05, 3.63) is 35.5 Å². The highest BCUT2D eigenvalue weighted by Crippen LogP contribution is 2.31. The fraction of sp³-hybridized carbons (Fsp3) is 0.462. The molecule has 3 nitrogen and oxygen atoms in total. The summed E-state index contributed by atoms with van der Waals surface area (Å²) in [7, 11) is 0. The van der Waals surface area contributed by atoms with Crippen molar-refractivity contribution in [2.45, 2.75) is 25.6 Å². The largest absolute Gasteiger partial charge is 0.433 e. The van der Waals surface area contributed by atoms with E-state index in [0.29, 0.717) is 24.5 Å². The van der Waals surface area contributed by atoms with Crippen LogP contribution < -0.4 is 10.6 Å². The van der Waals surface area contributed by atoms with Crippen LogP contribution in [0.2, 0.25) is 0 Å². The highest BCUT2D eigenvalue weighted by Gasteiger charge is 2.33. The van der Waals surface area contributed by atoms with E-state index in [1.54, 1.807) is 0 Å². The van der Waals surface area contributed by atoms with Crippen molar-refractivity contribution >= 4 is 5.82 Å². The van der Waals surface area contributed by atoms with Crippen LogP contribution in [0.5, 0.6) is 0 Å². The minimum absolute atomic E-state index is 0.178. The molecule has 0 unspecified atom stereocenters. The summed E-state index contributed by atoms with van der Waals surface area (Å²) in [5, 5.41) is 0. The van der Waals surface area contributed by atoms with E-state index < -0.39 is 11.9 Å². The fourth-order valence-electron chi connectivity index (χ4n) is 2.10. The Morgan fingerprint density at radius 2 is 1.89 bits per heavy atom. The topological polar surface area (TPSA) is 42.2 Å². The molecule has 6 heteroatoms. The summed E-state index contributed by atoms with van der Waals surface area (Å²) in [4.78, 5) is 5.61. The Morgan fingerprint density at radius 3 is 2.42 bits per heavy atom. The van der Waals surface area contributed by atoms with Gasteiger partial charge in [0.25, 0.3) is 0 Å². The molecule has 0 saturated carbocycles. The van der Waals surface area contributed by atoms with E-state index in [2.05, 4.69) is 11.6 Å². The van der Waals surface area contributed by atoms with Gasteiger partial charge >= 0.3 is 6.18 Å². The molecule has 1 aromatic rings. The van der Waals surface area contributed by atoms with Gasteiger partial charge in [-0.25, -0.2) is 4.98 Å². The van der Waals surface area contributed by atoms with E-state index in [9.17, 15) is 13.2 Å². The summed E-state index contributed by atoms with van der Waals surface area (Å²) in [6.07, 6.45) is -2.87. The highest BCUT2D eigenvalue weighted by molar-refractivity contribution is 5.49. The Labute approximate surface area is 109 Å². The number of aromatic nitrogens is 1. The molecule has 2 rings (SSSR count). The first-order valence-corrected chi connectivity index (χ1v) is 6.10. The molecule has 1 aromatic heterocycles. The quantitative estimate of drug-likeness (QED) is 0.841. The Kier molecular flexibility index (Phi) is 3.80. The van der Waals surface area contributed by atoms with Crippen molar-refractivity contribution in [2.75, 3.05) is 18.0 Å². The van der Waals surface area contributed by atoms with E-state index in [1.807, 2.05) is 4.90 Å². The maximum Gasteiger partial charge on any atom is 0.433 e. The molecule has 0 radical (unpaired) electrons. The van der Waals surface area contributed by atoms with Crippen LogP contribution in [0, 0.1) is 0 Å². The maximum absolute atomic E-state index is 12.7. The minimum Gasteiger partial charge on any atom is -0.356 e. The first-order valence-electron chi connectivity index (χ1n) is 6.10. The molecule has 0 spiro atoms. The standard InChI is InChI=1S/C13H16F3N3/c1-9-4-6-19(7-5-9)12-10(8-17)2-3-11(18-12)13(14,15)16/h2-3H,1,4-8,17H2. The summed E-state index contributed by atoms with van der Waals surface area (Å²) < 4.78 is 38.1. The second-order valence-electron chi connectivity index (χ2n) is 4.62. The van der Waals surface area contributed by atoms with Crippen LogP contribution in [0.1, 0.15) is 24.1 Å². The molecule has 2 N–H and O–H groups in total. The summed E-state index contributed by atoms with van der Waals surface area (Å²) in [6.45, 7) is 5.35. The van der Waals surface area contributed by atoms with Gasteiger partial charge in [0.2, 0.25) is 0 Å². The van der Waals surface area contributed by atoms with Gasteiger partial charge in [-0.05, 0) is 18.9 Å². The molecule has 1 fully saturated rings. The molecule has 1 aliphatic rings. The van der Waals surface area contributed by atoms with Crippen molar-refractivity contribution in [1.29, 1.82) is 0 Å². The van der Waals surface area contributed by atoms with Gasteiger partial charge in [0.05, 0.1) is 0 Å². The SMILES string of the molecule is C=C1CCN(c2nc(C(F)(F)F)ccc2CN)CC1. The number of hydrogen-bond donors (Lipinski definition) is 1. The summed E-state index contributed by atoms with van der Waals surface area (Å²) >= 11 is 0. The predicted octanol–water partition coefficient (Wildman–Crippen LogP) is 2.72. The van der Waals surface area contributed by atoms with Crippen LogP contribution in [-0.4, -0.2) is 18.1 Å². The summed E-state index contributed by atoms with van der Waals surface area (Å²) in [5.41, 5.74) is 6.47. The number of pyridine rings is 1. The minimum atomic E-state index is -4.43. The first-order chi connectivity index (χ1) is 8.91. The lowest BCUT2D eigenvalue weighted by molar-refractivity contribution is -0.141. The summed E-state index contributed by atoms with van der Waals surface area (Å²) in [6, 6.07) is 2.39. The average Bonchev–Trinajstić information content (AvgIpc) is 2.38. The Hall–Kier alpha value is -1.56. The molecule has 19 heavy (non-hydrogen) atoms. The van der Waals surface area contributed by atoms with Crippen molar-refractivity contribution in [2.24, 2.45) is 5.73 Å². The number of halogens is 3. The first kappa shape index (κ1) is 13.9. The zero-order valence-corrected chi connectivity index (χ0v) is 10.5. The number of piperidine rings is 1. The number of nitrogens with zero attached hydrogens (tertiary/aromatic N) is 2. The monoisotopic (exact) mass is 271 g/mol. The predicted molar refractivity (Wildman–Crippen MR) is 67.7 cm³/mol. The number of anilines is 1. The molecule has 0 bridgehead atoms. The second-order valence-corrected chi connectivity index (χ2v) is 4.62. The van der Waals surface area contributed by atoms with Crippen LogP contribution in [0.3, 0.4) is 0 Å². The zero-order valence-electron chi connectivity index (χ0n) is 10.5. The zero-order chi connectivity index (χ0) is 14.0. The molecule has 104 valence electrons. The smallest absolute Gasteiger partial charge is 0.356 e. The van der Waals surface area contributed by atoms with Gasteiger partial charge in [0, 0.05) is 25.2 Å². The molecule has 0 atom stereocenters. The van der Waals surface area contributed by atoms with E-state index in [0.717, 1.165) is 24.5 Å². The number of rotatable bonds is 2. The molecule has 0 amide bonds. The lowest BCUT2D eigenvalue weighted by atomic mass is 10.1. The molecule has 1 aliphatic heterocycles. The molecule has 2 heterocycles. The number of alkyl halides is 3. The number of nitrogens with two attached hydrogens (primary N) is 1. The van der Waals surface area contributed by atoms with Gasteiger partial charge in [0.15, 0.2) is 0 Å². The molecular weight excluding hydrogens is 255 g/mol. The highest BCUT2D eigenvalue weighted by atomic mass is 19.4. The van der Waals surface area contributed by atoms with Gasteiger partial charge in [0.1, 0.15) is 11.5 Å². The number of hydrogen-bond acceptors (Lipinski definition) is 3. The van der Waals surface area contributed by atoms with Gasteiger partial charge in [-0.3, -0.25) is 0 Å². The van der Waals surface area contributed by atoms with E-state index in [4.69, 9.17) is 5.73 Å². The van der Waals surface area contributed by atoms with Crippen LogP contribution in [0.4, 0.5) is 19.0 Å². The van der Waals surface area contributed by atoms with E-state index in [-0.39, 0.29) is 6.54 Å². The second kappa shape index (κ2) is 5.21. The van der Waals surface area contributed by atoms with E-state index in [1.165, 1.54) is 6.07 Å². The van der Waals surface area contributed by atoms with Gasteiger partial charge in [-0.15, -0.1) is 0 Å². The lowest BCUT2D eigenvalue weighted by Crippen LogP contribution is -2.32. The Bertz CT molecular complexity index is 473. The van der Waals surface area contributed by atoms with Gasteiger partial charge in [-0.1, -0.05) is 18.2 Å². The van der Waals surface area contributed by atoms with Crippen LogP contribution in [0.15, 0.2) is 24.3 Å². The third-order valence-electron chi connectivity index (χ3n) is 3.24. The third-order valence-corrected chi connectivity index (χ3v) is 3.24. The van der Waals surface area contributed by atoms with Crippen LogP contribution in [0.25, 0.3) is 0 Å². The van der Waals surface area contributed by atoms with Gasteiger partial charge in [-0.2, -0.15) is 13.2 Å². The average molecular weight is 271 g/mol. The van der Waals surface area contributed by atoms with Crippen molar-refractivity contribution in [3.63, 3.8) is 0 Å². The molecule has 1 saturated heterocycles. The van der Waals surface area contributed by atoms with E-state index >= 15 is 0 Å². The molecular formula is C13H16F3N3. The van der Waals surface area contributed by atoms with Crippen molar-refractivity contribution in [1.82, 2.24) is 4.98 Å².